The Morgan fingerprint density at radius 2 is 1.00 bits per heavy atom. The van der Waals surface area contributed by atoms with Gasteiger partial charge < -0.3 is 0 Å². The zero-order chi connectivity index (χ0) is 20.3. The van der Waals surface area contributed by atoms with Gasteiger partial charge in [-0.3, -0.25) is 8.74 Å². The Balaban J connectivity index is 0. The van der Waals surface area contributed by atoms with E-state index in [1.54, 1.807) is 0 Å². The summed E-state index contributed by atoms with van der Waals surface area (Å²) in [6.07, 6.45) is 21.3. The third-order valence-corrected chi connectivity index (χ3v) is 6.08. The van der Waals surface area contributed by atoms with E-state index in [1.165, 1.54) is 96.3 Å². The Bertz CT molecular complexity index is 354. The predicted molar refractivity (Wildman–Crippen MR) is 117 cm³/mol. The van der Waals surface area contributed by atoms with E-state index in [0.29, 0.717) is 5.16 Å². The third-order valence-electron chi connectivity index (χ3n) is 4.80. The molecule has 0 saturated carbocycles. The summed E-state index contributed by atoms with van der Waals surface area (Å²) in [6.45, 7) is 6.93. The minimum atomic E-state index is -4.16. The summed E-state index contributed by atoms with van der Waals surface area (Å²) >= 11 is 0. The van der Waals surface area contributed by atoms with Crippen LogP contribution in [0.1, 0.15) is 117 Å². The molecule has 4 nitrogen and oxygen atoms in total. The van der Waals surface area contributed by atoms with Crippen molar-refractivity contribution in [2.24, 2.45) is 0 Å². The van der Waals surface area contributed by atoms with Crippen molar-refractivity contribution in [3.63, 3.8) is 0 Å². The lowest BCUT2D eigenvalue weighted by Crippen LogP contribution is -2.20. The average Bonchev–Trinajstić information content (AvgIpc) is 2.60. The summed E-state index contributed by atoms with van der Waals surface area (Å²) in [5.74, 6) is 0. The highest BCUT2D eigenvalue weighted by Crippen LogP contribution is 2.37. The maximum atomic E-state index is 9.33. The molecule has 0 amide bonds. The van der Waals surface area contributed by atoms with E-state index in [1.807, 2.05) is 0 Å². The van der Waals surface area contributed by atoms with Crippen LogP contribution in [0.5, 0.6) is 0 Å². The molecular weight excluding hydrogens is 367 g/mol. The minimum absolute atomic E-state index is 0.565. The molecule has 0 aliphatic carbocycles. The van der Waals surface area contributed by atoms with Crippen LogP contribution < -0.4 is 0 Å². The quantitative estimate of drug-likeness (QED) is 0.169. The topological polar surface area (TPSA) is 63.6 Å². The van der Waals surface area contributed by atoms with E-state index >= 15 is 0 Å². The SMILES string of the molecule is CCCCCCC(P)(CCCCCC)CCCCCC.COS(=O)(=O)O. The largest absolute Gasteiger partial charge is 0.397 e. The van der Waals surface area contributed by atoms with E-state index in [0.717, 1.165) is 7.11 Å². The van der Waals surface area contributed by atoms with Gasteiger partial charge in [0.25, 0.3) is 0 Å². The van der Waals surface area contributed by atoms with Gasteiger partial charge in [-0.1, -0.05) is 97.8 Å². The van der Waals surface area contributed by atoms with Gasteiger partial charge in [-0.15, -0.1) is 9.24 Å². The maximum absolute atomic E-state index is 9.33. The Morgan fingerprint density at radius 1 is 0.731 bits per heavy atom. The molecule has 0 saturated heterocycles. The molecule has 0 aliphatic rings. The van der Waals surface area contributed by atoms with Crippen LogP contribution in [0.4, 0.5) is 0 Å². The molecule has 0 aromatic rings. The molecule has 160 valence electrons. The normalized spacial score (nSPS) is 11.9. The molecule has 0 rings (SSSR count). The molecule has 0 aromatic heterocycles. The summed E-state index contributed by atoms with van der Waals surface area (Å²) in [7, 11) is -0.0174. The number of hydrogen-bond acceptors (Lipinski definition) is 3. The van der Waals surface area contributed by atoms with Gasteiger partial charge in [0, 0.05) is 0 Å². The van der Waals surface area contributed by atoms with Crippen molar-refractivity contribution >= 4 is 19.6 Å². The van der Waals surface area contributed by atoms with Crippen molar-refractivity contribution in [2.75, 3.05) is 7.11 Å². The molecule has 0 spiro atoms. The van der Waals surface area contributed by atoms with Crippen molar-refractivity contribution < 1.29 is 17.2 Å². The second-order valence-electron chi connectivity index (χ2n) is 7.39. The Hall–Kier alpha value is 0.300. The van der Waals surface area contributed by atoms with Gasteiger partial charge in [0.2, 0.25) is 0 Å². The van der Waals surface area contributed by atoms with Crippen molar-refractivity contribution in [3.05, 3.63) is 0 Å². The van der Waals surface area contributed by atoms with E-state index < -0.39 is 10.4 Å². The summed E-state index contributed by atoms with van der Waals surface area (Å²) < 4.78 is 29.7. The lowest BCUT2D eigenvalue weighted by atomic mass is 9.88. The summed E-state index contributed by atoms with van der Waals surface area (Å²) in [4.78, 5) is 0. The second kappa shape index (κ2) is 18.7. The highest BCUT2D eigenvalue weighted by atomic mass is 32.3. The molecule has 0 bridgehead atoms. The fraction of sp³-hybridized carbons (Fsp3) is 1.00. The summed E-state index contributed by atoms with van der Waals surface area (Å²) in [6, 6.07) is 0. The molecule has 1 N–H and O–H groups in total. The molecule has 0 aromatic carbocycles. The smallest absolute Gasteiger partial charge is 0.264 e. The zero-order valence-corrected chi connectivity index (χ0v) is 19.7. The highest BCUT2D eigenvalue weighted by molar-refractivity contribution is 7.80. The van der Waals surface area contributed by atoms with Crippen LogP contribution in [0, 0.1) is 0 Å². The van der Waals surface area contributed by atoms with Gasteiger partial charge in [0.15, 0.2) is 0 Å². The average molecular weight is 413 g/mol. The van der Waals surface area contributed by atoms with Gasteiger partial charge in [0.05, 0.1) is 7.11 Å². The molecule has 0 fully saturated rings. The minimum Gasteiger partial charge on any atom is -0.264 e. The molecule has 6 heteroatoms. The number of hydrogen-bond donors (Lipinski definition) is 1. The number of unbranched alkanes of at least 4 members (excludes halogenated alkanes) is 9. The molecule has 0 radical (unpaired) electrons. The fourth-order valence-electron chi connectivity index (χ4n) is 3.09. The predicted octanol–water partition coefficient (Wildman–Crippen LogP) is 6.95. The Labute approximate surface area is 166 Å². The van der Waals surface area contributed by atoms with Crippen molar-refractivity contribution in [1.82, 2.24) is 0 Å². The monoisotopic (exact) mass is 412 g/mol. The molecule has 0 heterocycles. The van der Waals surface area contributed by atoms with Crippen molar-refractivity contribution in [3.8, 4) is 0 Å². The van der Waals surface area contributed by atoms with Gasteiger partial charge >= 0.3 is 10.4 Å². The van der Waals surface area contributed by atoms with Crippen molar-refractivity contribution in [1.29, 1.82) is 0 Å². The van der Waals surface area contributed by atoms with Crippen LogP contribution in [0.25, 0.3) is 0 Å². The first kappa shape index (κ1) is 28.5. The molecule has 1 atom stereocenters. The number of rotatable bonds is 16. The van der Waals surface area contributed by atoms with Gasteiger partial charge in [-0.2, -0.15) is 8.42 Å². The molecule has 1 unspecified atom stereocenters. The van der Waals surface area contributed by atoms with E-state index in [2.05, 4.69) is 34.2 Å². The van der Waals surface area contributed by atoms with Gasteiger partial charge in [-0.25, -0.2) is 0 Å². The second-order valence-corrected chi connectivity index (χ2v) is 9.80. The Morgan fingerprint density at radius 3 is 1.19 bits per heavy atom. The standard InChI is InChI=1S/C19H41P.CH4O4S/c1-4-7-10-13-16-19(20,17-14-11-8-5-2)18-15-12-9-6-3;1-5-6(2,3)4/h4-18,20H2,1-3H3;1H3,(H,2,3,4). The first-order chi connectivity index (χ1) is 12.2. The van der Waals surface area contributed by atoms with E-state index in [-0.39, 0.29) is 0 Å². The molecule has 0 aliphatic heterocycles. The first-order valence-corrected chi connectivity index (χ1v) is 12.5. The fourth-order valence-corrected chi connectivity index (χ4v) is 3.70. The lowest BCUT2D eigenvalue weighted by molar-refractivity contribution is 0.324. The van der Waals surface area contributed by atoms with Crippen LogP contribution in [-0.4, -0.2) is 25.2 Å². The van der Waals surface area contributed by atoms with Gasteiger partial charge in [-0.05, 0) is 24.4 Å². The highest BCUT2D eigenvalue weighted by Gasteiger charge is 2.22. The third kappa shape index (κ3) is 22.3. The maximum Gasteiger partial charge on any atom is 0.397 e. The van der Waals surface area contributed by atoms with Crippen LogP contribution in [0.15, 0.2) is 0 Å². The van der Waals surface area contributed by atoms with Crippen LogP contribution in [0.2, 0.25) is 0 Å². The van der Waals surface area contributed by atoms with Crippen LogP contribution in [0.3, 0.4) is 0 Å². The first-order valence-electron chi connectivity index (χ1n) is 10.6. The zero-order valence-electron chi connectivity index (χ0n) is 17.8. The van der Waals surface area contributed by atoms with E-state index in [4.69, 9.17) is 4.55 Å². The van der Waals surface area contributed by atoms with Gasteiger partial charge in [0.1, 0.15) is 0 Å². The summed E-state index contributed by atoms with van der Waals surface area (Å²) in [5, 5.41) is 0.565. The lowest BCUT2D eigenvalue weighted by Gasteiger charge is -2.30. The van der Waals surface area contributed by atoms with Crippen LogP contribution >= 0.6 is 9.24 Å². The van der Waals surface area contributed by atoms with Crippen LogP contribution in [-0.2, 0) is 14.6 Å². The molecule has 26 heavy (non-hydrogen) atoms. The molecular formula is C20H45O4PS. The Kier molecular flexibility index (Phi) is 20.5. The van der Waals surface area contributed by atoms with E-state index in [9.17, 15) is 8.42 Å². The van der Waals surface area contributed by atoms with Crippen molar-refractivity contribution in [2.45, 2.75) is 122 Å². The summed E-state index contributed by atoms with van der Waals surface area (Å²) in [5.41, 5.74) is 0.